The van der Waals surface area contributed by atoms with E-state index in [0.717, 1.165) is 0 Å². The van der Waals surface area contributed by atoms with E-state index in [1.165, 1.54) is 13.2 Å². The number of methoxy groups -OCH3 is 1. The van der Waals surface area contributed by atoms with Gasteiger partial charge in [0.15, 0.2) is 0 Å². The summed E-state index contributed by atoms with van der Waals surface area (Å²) in [5, 5.41) is 3.35. The molecule has 1 amide bonds. The van der Waals surface area contributed by atoms with Crippen LogP contribution in [0.1, 0.15) is 26.5 Å². The highest BCUT2D eigenvalue weighted by Gasteiger charge is 2.24. The van der Waals surface area contributed by atoms with E-state index in [0.29, 0.717) is 44.3 Å². The van der Waals surface area contributed by atoms with Crippen LogP contribution in [0.5, 0.6) is 0 Å². The summed E-state index contributed by atoms with van der Waals surface area (Å²) in [6, 6.07) is 6.61. The Labute approximate surface area is 155 Å². The molecule has 2 aromatic rings. The Kier molecular flexibility index (Phi) is 5.80. The molecule has 8 heteroatoms. The van der Waals surface area contributed by atoms with Gasteiger partial charge in [-0.15, -0.1) is 0 Å². The lowest BCUT2D eigenvalue weighted by Crippen LogP contribution is -2.40. The van der Waals surface area contributed by atoms with Crippen molar-refractivity contribution in [3.05, 3.63) is 52.4 Å². The number of nitrogens with one attached hydrogen (secondary N) is 1. The molecule has 0 spiro atoms. The Hall–Kier alpha value is -2.51. The van der Waals surface area contributed by atoms with Gasteiger partial charge in [-0.2, -0.15) is 0 Å². The van der Waals surface area contributed by atoms with E-state index in [9.17, 15) is 9.59 Å². The van der Waals surface area contributed by atoms with Crippen LogP contribution in [0.3, 0.4) is 0 Å². The standard InChI is InChI=1S/C18H19ClN2O5/c1-24-18(23)14-9-13(17(22)21-4-7-25-8-5-21)15(19)10-16(14)20-11-12-3-2-6-26-12/h2-3,6,9-10,20H,4-5,7-8,11H2,1H3. The van der Waals surface area contributed by atoms with Crippen molar-refractivity contribution in [1.29, 1.82) is 0 Å². The molecule has 0 radical (unpaired) electrons. The quantitative estimate of drug-likeness (QED) is 0.806. The van der Waals surface area contributed by atoms with E-state index in [1.807, 2.05) is 6.07 Å². The van der Waals surface area contributed by atoms with Crippen LogP contribution in [0.4, 0.5) is 5.69 Å². The molecule has 7 nitrogen and oxygen atoms in total. The number of hydrogen-bond acceptors (Lipinski definition) is 6. The topological polar surface area (TPSA) is 81.0 Å². The Bertz CT molecular complexity index is 785. The second-order valence-electron chi connectivity index (χ2n) is 5.71. The smallest absolute Gasteiger partial charge is 0.339 e. The number of amides is 1. The van der Waals surface area contributed by atoms with Gasteiger partial charge in [-0.1, -0.05) is 11.6 Å². The number of halogens is 1. The summed E-state index contributed by atoms with van der Waals surface area (Å²) in [7, 11) is 1.29. The molecule has 138 valence electrons. The third kappa shape index (κ3) is 4.00. The summed E-state index contributed by atoms with van der Waals surface area (Å²) < 4.78 is 15.4. The third-order valence-electron chi connectivity index (χ3n) is 4.07. The van der Waals surface area contributed by atoms with Crippen LogP contribution in [0.15, 0.2) is 34.9 Å². The lowest BCUT2D eigenvalue weighted by Gasteiger charge is -2.27. The van der Waals surface area contributed by atoms with E-state index < -0.39 is 5.97 Å². The second-order valence-corrected chi connectivity index (χ2v) is 6.11. The predicted octanol–water partition coefficient (Wildman–Crippen LogP) is 2.80. The number of carbonyl (C=O) groups excluding carboxylic acids is 2. The van der Waals surface area contributed by atoms with E-state index in [1.54, 1.807) is 23.3 Å². The lowest BCUT2D eigenvalue weighted by molar-refractivity contribution is 0.0303. The first-order valence-electron chi connectivity index (χ1n) is 8.15. The normalized spacial score (nSPS) is 14.2. The molecule has 0 bridgehead atoms. The summed E-state index contributed by atoms with van der Waals surface area (Å²) in [4.78, 5) is 26.6. The van der Waals surface area contributed by atoms with E-state index in [-0.39, 0.29) is 22.1 Å². The van der Waals surface area contributed by atoms with E-state index in [4.69, 9.17) is 25.5 Å². The van der Waals surface area contributed by atoms with Gasteiger partial charge < -0.3 is 24.1 Å². The minimum atomic E-state index is -0.556. The van der Waals surface area contributed by atoms with Crippen LogP contribution in [0, 0.1) is 0 Å². The van der Waals surface area contributed by atoms with E-state index >= 15 is 0 Å². The van der Waals surface area contributed by atoms with Crippen molar-refractivity contribution < 1.29 is 23.5 Å². The molecule has 1 aromatic carbocycles. The van der Waals surface area contributed by atoms with Crippen molar-refractivity contribution in [2.24, 2.45) is 0 Å². The molecule has 1 N–H and O–H groups in total. The number of anilines is 1. The Morgan fingerprint density at radius 2 is 2.04 bits per heavy atom. The first-order valence-corrected chi connectivity index (χ1v) is 8.53. The van der Waals surface area contributed by atoms with Crippen LogP contribution >= 0.6 is 11.6 Å². The SMILES string of the molecule is COC(=O)c1cc(C(=O)N2CCOCC2)c(Cl)cc1NCc1ccco1. The molecule has 1 aliphatic heterocycles. The highest BCUT2D eigenvalue weighted by atomic mass is 35.5. The number of hydrogen-bond donors (Lipinski definition) is 1. The molecule has 26 heavy (non-hydrogen) atoms. The van der Waals surface area contributed by atoms with Crippen molar-refractivity contribution in [3.8, 4) is 0 Å². The number of carbonyl (C=O) groups is 2. The minimum Gasteiger partial charge on any atom is -0.467 e. The highest BCUT2D eigenvalue weighted by molar-refractivity contribution is 6.34. The van der Waals surface area contributed by atoms with Crippen molar-refractivity contribution in [2.75, 3.05) is 38.7 Å². The van der Waals surface area contributed by atoms with Gasteiger partial charge in [-0.05, 0) is 24.3 Å². The zero-order valence-corrected chi connectivity index (χ0v) is 15.0. The number of rotatable bonds is 5. The fraction of sp³-hybridized carbons (Fsp3) is 0.333. The number of esters is 1. The zero-order valence-electron chi connectivity index (χ0n) is 14.3. The molecule has 1 aliphatic rings. The maximum atomic E-state index is 12.7. The number of ether oxygens (including phenoxy) is 2. The molecular weight excluding hydrogens is 360 g/mol. The Morgan fingerprint density at radius 1 is 1.27 bits per heavy atom. The maximum Gasteiger partial charge on any atom is 0.339 e. The van der Waals surface area contributed by atoms with Crippen LogP contribution in [-0.2, 0) is 16.0 Å². The fourth-order valence-corrected chi connectivity index (χ4v) is 2.94. The molecule has 1 aromatic heterocycles. The number of morpholine rings is 1. The van der Waals surface area contributed by atoms with Gasteiger partial charge >= 0.3 is 5.97 Å². The molecule has 0 aliphatic carbocycles. The van der Waals surface area contributed by atoms with Crippen LogP contribution in [0.2, 0.25) is 5.02 Å². The molecule has 3 rings (SSSR count). The summed E-state index contributed by atoms with van der Waals surface area (Å²) in [6.07, 6.45) is 1.56. The van der Waals surface area contributed by atoms with E-state index in [2.05, 4.69) is 5.32 Å². The largest absolute Gasteiger partial charge is 0.467 e. The molecular formula is C18H19ClN2O5. The lowest BCUT2D eigenvalue weighted by atomic mass is 10.1. The van der Waals surface area contributed by atoms with Gasteiger partial charge in [0, 0.05) is 13.1 Å². The average Bonchev–Trinajstić information content (AvgIpc) is 3.19. The highest BCUT2D eigenvalue weighted by Crippen LogP contribution is 2.28. The molecule has 0 unspecified atom stereocenters. The maximum absolute atomic E-state index is 12.7. The van der Waals surface area contributed by atoms with Crippen LogP contribution < -0.4 is 5.32 Å². The molecule has 1 fully saturated rings. The van der Waals surface area contributed by atoms with Gasteiger partial charge in [0.1, 0.15) is 5.76 Å². The molecule has 1 saturated heterocycles. The zero-order chi connectivity index (χ0) is 18.5. The van der Waals surface area contributed by atoms with Crippen molar-refractivity contribution >= 4 is 29.2 Å². The van der Waals surface area contributed by atoms with Gasteiger partial charge in [-0.25, -0.2) is 4.79 Å². The van der Waals surface area contributed by atoms with Crippen molar-refractivity contribution in [2.45, 2.75) is 6.54 Å². The first kappa shape index (κ1) is 18.3. The minimum absolute atomic E-state index is 0.235. The van der Waals surface area contributed by atoms with Crippen LogP contribution in [-0.4, -0.2) is 50.2 Å². The summed E-state index contributed by atoms with van der Waals surface area (Å²) in [5.74, 6) is -0.0916. The summed E-state index contributed by atoms with van der Waals surface area (Å²) in [5.41, 5.74) is 0.967. The number of nitrogens with zero attached hydrogens (tertiary/aromatic N) is 1. The van der Waals surface area contributed by atoms with Gasteiger partial charge in [-0.3, -0.25) is 4.79 Å². The third-order valence-corrected chi connectivity index (χ3v) is 4.39. The molecule has 2 heterocycles. The Morgan fingerprint density at radius 3 is 2.69 bits per heavy atom. The Balaban J connectivity index is 1.89. The van der Waals surface area contributed by atoms with Crippen molar-refractivity contribution in [1.82, 2.24) is 4.90 Å². The molecule has 0 saturated carbocycles. The fourth-order valence-electron chi connectivity index (χ4n) is 2.69. The number of furan rings is 1. The van der Waals surface area contributed by atoms with Crippen LogP contribution in [0.25, 0.3) is 0 Å². The van der Waals surface area contributed by atoms with Gasteiger partial charge in [0.05, 0.1) is 55.0 Å². The predicted molar refractivity (Wildman–Crippen MR) is 95.5 cm³/mol. The second kappa shape index (κ2) is 8.25. The summed E-state index contributed by atoms with van der Waals surface area (Å²) in [6.45, 7) is 2.30. The average molecular weight is 379 g/mol. The van der Waals surface area contributed by atoms with Gasteiger partial charge in [0.25, 0.3) is 5.91 Å². The monoisotopic (exact) mass is 378 g/mol. The number of benzene rings is 1. The summed E-state index contributed by atoms with van der Waals surface area (Å²) >= 11 is 6.33. The van der Waals surface area contributed by atoms with Crippen molar-refractivity contribution in [3.63, 3.8) is 0 Å². The first-order chi connectivity index (χ1) is 12.6. The molecule has 0 atom stereocenters. The van der Waals surface area contributed by atoms with Gasteiger partial charge in [0.2, 0.25) is 0 Å².